The fourth-order valence-electron chi connectivity index (χ4n) is 5.57. The van der Waals surface area contributed by atoms with E-state index in [1.807, 2.05) is 0 Å². The second-order valence-electron chi connectivity index (χ2n) is 8.77. The number of furan rings is 1. The Morgan fingerprint density at radius 3 is 1.91 bits per heavy atom. The topological polar surface area (TPSA) is 13.1 Å². The molecule has 156 valence electrons. The Morgan fingerprint density at radius 2 is 1.21 bits per heavy atom. The Hall–Kier alpha value is -4.10. The van der Waals surface area contributed by atoms with E-state index in [-0.39, 0.29) is 0 Å². The van der Waals surface area contributed by atoms with Gasteiger partial charge in [-0.05, 0) is 68.8 Å². The molecule has 1 aromatic heterocycles. The van der Waals surface area contributed by atoms with Crippen molar-refractivity contribution in [3.8, 4) is 22.3 Å². The van der Waals surface area contributed by atoms with E-state index < -0.39 is 0 Å². The van der Waals surface area contributed by atoms with Crippen molar-refractivity contribution in [1.29, 1.82) is 0 Å². The number of hydrogen-bond acceptors (Lipinski definition) is 1. The van der Waals surface area contributed by atoms with Crippen molar-refractivity contribution in [1.82, 2.24) is 0 Å². The molecule has 6 aromatic rings. The van der Waals surface area contributed by atoms with Gasteiger partial charge in [0.25, 0.3) is 0 Å². The Labute approximate surface area is 192 Å². The molecule has 0 saturated heterocycles. The smallest absolute Gasteiger partial charge is 0.135 e. The van der Waals surface area contributed by atoms with Gasteiger partial charge < -0.3 is 4.42 Å². The molecule has 5 aromatic carbocycles. The molecule has 1 aliphatic carbocycles. The maximum absolute atomic E-state index is 6.28. The maximum atomic E-state index is 6.28. The minimum atomic E-state index is 0.976. The molecular formula is C32H22O. The first-order chi connectivity index (χ1) is 16.4. The van der Waals surface area contributed by atoms with Gasteiger partial charge in [-0.3, -0.25) is 0 Å². The van der Waals surface area contributed by atoms with E-state index in [1.165, 1.54) is 54.7 Å². The molecule has 0 saturated carbocycles. The summed E-state index contributed by atoms with van der Waals surface area (Å²) in [6.45, 7) is 0. The third-order valence-corrected chi connectivity index (χ3v) is 6.94. The Kier molecular flexibility index (Phi) is 4.04. The number of rotatable bonds is 2. The highest BCUT2D eigenvalue weighted by molar-refractivity contribution is 6.23. The zero-order valence-electron chi connectivity index (χ0n) is 18.2. The number of fused-ring (bicyclic) bond motifs is 5. The maximum Gasteiger partial charge on any atom is 0.135 e. The van der Waals surface area contributed by atoms with Gasteiger partial charge in [0, 0.05) is 10.9 Å². The van der Waals surface area contributed by atoms with Crippen molar-refractivity contribution in [2.45, 2.75) is 12.8 Å². The van der Waals surface area contributed by atoms with Crippen molar-refractivity contribution in [3.63, 3.8) is 0 Å². The molecule has 0 bridgehead atoms. The van der Waals surface area contributed by atoms with Gasteiger partial charge >= 0.3 is 0 Å². The molecule has 0 amide bonds. The summed E-state index contributed by atoms with van der Waals surface area (Å²) in [5.41, 5.74) is 7.42. The van der Waals surface area contributed by atoms with Crippen LogP contribution < -0.4 is 0 Å². The fraction of sp³-hybridized carbons (Fsp3) is 0.0625. The molecule has 0 fully saturated rings. The molecule has 0 spiro atoms. The fourth-order valence-corrected chi connectivity index (χ4v) is 5.57. The lowest BCUT2D eigenvalue weighted by atomic mass is 9.84. The number of aryl methyl sites for hydroxylation is 1. The second kappa shape index (κ2) is 7.21. The zero-order valence-corrected chi connectivity index (χ0v) is 18.2. The summed E-state index contributed by atoms with van der Waals surface area (Å²) in [6, 6.07) is 35.0. The van der Waals surface area contributed by atoms with Crippen LogP contribution in [0.2, 0.25) is 0 Å². The Morgan fingerprint density at radius 1 is 0.576 bits per heavy atom. The number of hydrogen-bond donors (Lipinski definition) is 0. The van der Waals surface area contributed by atoms with Crippen molar-refractivity contribution < 1.29 is 4.42 Å². The van der Waals surface area contributed by atoms with Crippen LogP contribution in [0, 0.1) is 0 Å². The SMILES string of the molecule is C1=Cc2oc3cccc(-c4c5ccccc5c(-c5ccccc5)c5ccccc45)c3c2CC1. The van der Waals surface area contributed by atoms with Crippen molar-refractivity contribution >= 4 is 38.6 Å². The molecule has 1 nitrogen and oxygen atoms in total. The van der Waals surface area contributed by atoms with E-state index in [9.17, 15) is 0 Å². The van der Waals surface area contributed by atoms with Crippen LogP contribution in [0.15, 0.2) is 108 Å². The predicted octanol–water partition coefficient (Wildman–Crippen LogP) is 9.03. The molecule has 1 aliphatic rings. The first-order valence-corrected chi connectivity index (χ1v) is 11.6. The minimum Gasteiger partial charge on any atom is -0.456 e. The molecule has 0 aliphatic heterocycles. The van der Waals surface area contributed by atoms with Crippen LogP contribution in [-0.2, 0) is 6.42 Å². The lowest BCUT2D eigenvalue weighted by Crippen LogP contribution is -1.93. The summed E-state index contributed by atoms with van der Waals surface area (Å²) in [7, 11) is 0. The Bertz CT molecular complexity index is 1640. The van der Waals surface area contributed by atoms with Crippen LogP contribution in [0.1, 0.15) is 17.7 Å². The van der Waals surface area contributed by atoms with Gasteiger partial charge in [-0.2, -0.15) is 0 Å². The van der Waals surface area contributed by atoms with Crippen molar-refractivity contribution in [3.05, 3.63) is 114 Å². The minimum absolute atomic E-state index is 0.976. The Balaban J connectivity index is 1.68. The van der Waals surface area contributed by atoms with Crippen LogP contribution in [0.4, 0.5) is 0 Å². The molecule has 0 unspecified atom stereocenters. The average Bonchev–Trinajstić information content (AvgIpc) is 3.27. The summed E-state index contributed by atoms with van der Waals surface area (Å²) in [6.07, 6.45) is 6.43. The summed E-state index contributed by atoms with van der Waals surface area (Å²) in [5, 5.41) is 6.39. The van der Waals surface area contributed by atoms with Crippen LogP contribution >= 0.6 is 0 Å². The molecule has 33 heavy (non-hydrogen) atoms. The van der Waals surface area contributed by atoms with E-state index in [2.05, 4.69) is 109 Å². The quantitative estimate of drug-likeness (QED) is 0.254. The van der Waals surface area contributed by atoms with Gasteiger partial charge in [0.05, 0.1) is 0 Å². The first-order valence-electron chi connectivity index (χ1n) is 11.6. The second-order valence-corrected chi connectivity index (χ2v) is 8.77. The highest BCUT2D eigenvalue weighted by Gasteiger charge is 2.22. The van der Waals surface area contributed by atoms with Gasteiger partial charge in [0.1, 0.15) is 11.3 Å². The van der Waals surface area contributed by atoms with Gasteiger partial charge in [-0.15, -0.1) is 0 Å². The van der Waals surface area contributed by atoms with Crippen LogP contribution in [0.3, 0.4) is 0 Å². The summed E-state index contributed by atoms with van der Waals surface area (Å²) >= 11 is 0. The predicted molar refractivity (Wildman–Crippen MR) is 139 cm³/mol. The average molecular weight is 423 g/mol. The lowest BCUT2D eigenvalue weighted by molar-refractivity contribution is 0.595. The van der Waals surface area contributed by atoms with Crippen molar-refractivity contribution in [2.24, 2.45) is 0 Å². The van der Waals surface area contributed by atoms with Crippen LogP contribution in [-0.4, -0.2) is 0 Å². The highest BCUT2D eigenvalue weighted by Crippen LogP contribution is 2.46. The molecule has 0 radical (unpaired) electrons. The third-order valence-electron chi connectivity index (χ3n) is 6.94. The lowest BCUT2D eigenvalue weighted by Gasteiger charge is -2.18. The van der Waals surface area contributed by atoms with E-state index in [4.69, 9.17) is 4.42 Å². The standard InChI is InChI=1S/C32H22O/c1-2-11-21(12-3-1)30-22-13-4-6-15-24(22)31(25-16-7-5-14-23(25)30)27-18-10-20-29-32(27)26-17-8-9-19-28(26)33-29/h1-7,9-16,18-20H,8,17H2. The summed E-state index contributed by atoms with van der Waals surface area (Å²) in [4.78, 5) is 0. The van der Waals surface area contributed by atoms with E-state index in [1.54, 1.807) is 0 Å². The number of allylic oxidation sites excluding steroid dienone is 1. The van der Waals surface area contributed by atoms with Crippen LogP contribution in [0.5, 0.6) is 0 Å². The monoisotopic (exact) mass is 422 g/mol. The zero-order chi connectivity index (χ0) is 21.8. The molecule has 7 rings (SSSR count). The van der Waals surface area contributed by atoms with Gasteiger partial charge in [-0.25, -0.2) is 0 Å². The molecule has 1 heteroatoms. The van der Waals surface area contributed by atoms with E-state index in [0.717, 1.165) is 24.2 Å². The molecule has 0 N–H and O–H groups in total. The van der Waals surface area contributed by atoms with E-state index in [0.29, 0.717) is 0 Å². The largest absolute Gasteiger partial charge is 0.456 e. The normalized spacial score (nSPS) is 13.1. The first kappa shape index (κ1) is 18.5. The highest BCUT2D eigenvalue weighted by atomic mass is 16.3. The van der Waals surface area contributed by atoms with Gasteiger partial charge in [0.2, 0.25) is 0 Å². The molecule has 1 heterocycles. The summed E-state index contributed by atoms with van der Waals surface area (Å²) in [5.74, 6) is 1.01. The van der Waals surface area contributed by atoms with E-state index >= 15 is 0 Å². The molecular weight excluding hydrogens is 400 g/mol. The van der Waals surface area contributed by atoms with Crippen molar-refractivity contribution in [2.75, 3.05) is 0 Å². The van der Waals surface area contributed by atoms with Crippen LogP contribution in [0.25, 0.3) is 60.8 Å². The third kappa shape index (κ3) is 2.72. The molecule has 0 atom stereocenters. The summed E-state index contributed by atoms with van der Waals surface area (Å²) < 4.78 is 6.28. The van der Waals surface area contributed by atoms with Gasteiger partial charge in [0.15, 0.2) is 0 Å². The van der Waals surface area contributed by atoms with Gasteiger partial charge in [-0.1, -0.05) is 97.1 Å². The number of benzene rings is 5.